The zero-order chi connectivity index (χ0) is 23.2. The van der Waals surface area contributed by atoms with E-state index in [2.05, 4.69) is 42.3 Å². The molecule has 2 heterocycles. The normalized spacial score (nSPS) is 35.8. The van der Waals surface area contributed by atoms with Crippen LogP contribution in [0.4, 0.5) is 0 Å². The van der Waals surface area contributed by atoms with Crippen LogP contribution in [0.5, 0.6) is 11.5 Å². The quantitative estimate of drug-likeness (QED) is 0.620. The van der Waals surface area contributed by atoms with Crippen molar-refractivity contribution in [3.05, 3.63) is 34.9 Å². The molecule has 0 N–H and O–H groups in total. The largest absolute Gasteiger partial charge is 0.493 e. The molecule has 1 unspecified atom stereocenters. The Hall–Kier alpha value is -3.52. The van der Waals surface area contributed by atoms with Gasteiger partial charge in [-0.05, 0) is 56.0 Å². The van der Waals surface area contributed by atoms with Gasteiger partial charge in [-0.15, -0.1) is 0 Å². The molecule has 1 saturated carbocycles. The Morgan fingerprint density at radius 1 is 1.12 bits per heavy atom. The van der Waals surface area contributed by atoms with Crippen molar-refractivity contribution < 1.29 is 9.47 Å². The number of rotatable bonds is 1. The zero-order valence-corrected chi connectivity index (χ0v) is 18.6. The van der Waals surface area contributed by atoms with Gasteiger partial charge in [-0.2, -0.15) is 21.0 Å². The van der Waals surface area contributed by atoms with E-state index >= 15 is 0 Å². The molecule has 0 amide bonds. The highest BCUT2D eigenvalue weighted by Crippen LogP contribution is 2.69. The van der Waals surface area contributed by atoms with Crippen LogP contribution in [0.1, 0.15) is 30.4 Å². The van der Waals surface area contributed by atoms with Crippen molar-refractivity contribution in [2.24, 2.45) is 22.7 Å². The molecule has 164 valence electrons. The van der Waals surface area contributed by atoms with Crippen LogP contribution in [-0.2, 0) is 11.8 Å². The van der Waals surface area contributed by atoms with E-state index in [1.807, 2.05) is 12.1 Å². The van der Waals surface area contributed by atoms with E-state index in [1.165, 1.54) is 11.1 Å². The minimum Gasteiger partial charge on any atom is -0.493 e. The first-order chi connectivity index (χ1) is 16.0. The van der Waals surface area contributed by atoms with Gasteiger partial charge in [-0.1, -0.05) is 12.1 Å². The molecule has 5 aliphatic rings. The SMILES string of the molecule is COc1ccc2c3c1O[C@H]1C4=CCC(C#N)(C#N)C(C#N)(C#N)C4C[C@H]4[C@H](C2)N(C)CC[C@]314. The minimum absolute atomic E-state index is 0.0528. The average molecular weight is 438 g/mol. The summed E-state index contributed by atoms with van der Waals surface area (Å²) >= 11 is 0. The van der Waals surface area contributed by atoms with Crippen molar-refractivity contribution in [1.29, 1.82) is 21.0 Å². The Balaban J connectivity index is 1.63. The first kappa shape index (κ1) is 20.1. The molecular formula is C26H23N5O2. The van der Waals surface area contributed by atoms with Crippen LogP contribution < -0.4 is 9.47 Å². The van der Waals surface area contributed by atoms with Crippen molar-refractivity contribution in [3.8, 4) is 35.8 Å². The fourth-order valence-electron chi connectivity index (χ4n) is 7.81. The third-order valence-electron chi connectivity index (χ3n) is 9.37. The molecule has 2 bridgehead atoms. The van der Waals surface area contributed by atoms with E-state index < -0.39 is 16.7 Å². The summed E-state index contributed by atoms with van der Waals surface area (Å²) in [6, 6.07) is 12.9. The molecule has 1 saturated heterocycles. The Morgan fingerprint density at radius 3 is 2.55 bits per heavy atom. The molecule has 1 aromatic rings. The third kappa shape index (κ3) is 1.98. The second kappa shape index (κ2) is 6.29. The number of fused-ring (bicyclic) bond motifs is 2. The molecule has 0 aromatic heterocycles. The van der Waals surface area contributed by atoms with E-state index in [1.54, 1.807) is 7.11 Å². The van der Waals surface area contributed by atoms with Crippen LogP contribution in [-0.4, -0.2) is 37.7 Å². The van der Waals surface area contributed by atoms with Crippen molar-refractivity contribution in [2.75, 3.05) is 20.7 Å². The van der Waals surface area contributed by atoms with Crippen molar-refractivity contribution in [1.82, 2.24) is 4.90 Å². The van der Waals surface area contributed by atoms with Gasteiger partial charge in [0.2, 0.25) is 0 Å². The van der Waals surface area contributed by atoms with Crippen molar-refractivity contribution in [3.63, 3.8) is 0 Å². The van der Waals surface area contributed by atoms with Crippen LogP contribution in [0.25, 0.3) is 0 Å². The number of nitrogens with zero attached hydrogens (tertiary/aromatic N) is 5. The average Bonchev–Trinajstić information content (AvgIpc) is 3.20. The van der Waals surface area contributed by atoms with Crippen LogP contribution >= 0.6 is 0 Å². The second-order valence-electron chi connectivity index (χ2n) is 10.1. The first-order valence-corrected chi connectivity index (χ1v) is 11.4. The molecule has 1 aromatic carbocycles. The van der Waals surface area contributed by atoms with Crippen molar-refractivity contribution in [2.45, 2.75) is 43.2 Å². The second-order valence-corrected chi connectivity index (χ2v) is 10.1. The fraction of sp³-hybridized carbons (Fsp3) is 0.538. The summed E-state index contributed by atoms with van der Waals surface area (Å²) in [5.74, 6) is 1.11. The van der Waals surface area contributed by atoms with Gasteiger partial charge in [-0.25, -0.2) is 0 Å². The smallest absolute Gasteiger partial charge is 0.182 e. The standard InChI is InChI=1S/C26H23N5O2/c1-31-8-7-26-18-10-17-16(5-6-24(11-27,12-28)25(17,13-29)14-30)23(26)33-22-20(32-2)4-3-15(21(22)26)9-19(18)31/h3-5,17-19,23H,6-10H2,1-2H3/t17?,18-,19-,23-,26-/m0/s1. The molecular weight excluding hydrogens is 414 g/mol. The lowest BCUT2D eigenvalue weighted by Crippen LogP contribution is -2.67. The van der Waals surface area contributed by atoms with Crippen LogP contribution in [0.3, 0.4) is 0 Å². The van der Waals surface area contributed by atoms with Crippen LogP contribution in [0, 0.1) is 68.0 Å². The Bertz CT molecular complexity index is 1260. The lowest BCUT2D eigenvalue weighted by molar-refractivity contribution is -0.0516. The van der Waals surface area contributed by atoms with Gasteiger partial charge in [0.05, 0.1) is 31.4 Å². The predicted octanol–water partition coefficient (Wildman–Crippen LogP) is 2.99. The Morgan fingerprint density at radius 2 is 1.88 bits per heavy atom. The minimum atomic E-state index is -1.74. The number of allylic oxidation sites excluding steroid dienone is 1. The Kier molecular flexibility index (Phi) is 3.83. The molecule has 33 heavy (non-hydrogen) atoms. The lowest BCUT2D eigenvalue weighted by Gasteiger charge is -2.61. The number of likely N-dealkylation sites (tertiary alicyclic amines) is 1. The van der Waals surface area contributed by atoms with Gasteiger partial charge in [-0.3, -0.25) is 0 Å². The van der Waals surface area contributed by atoms with Crippen LogP contribution in [0.15, 0.2) is 23.8 Å². The molecule has 5 atom stereocenters. The molecule has 7 nitrogen and oxygen atoms in total. The number of methoxy groups -OCH3 is 1. The Labute approximate surface area is 193 Å². The van der Waals surface area contributed by atoms with Crippen LogP contribution in [0.2, 0.25) is 0 Å². The van der Waals surface area contributed by atoms with Crippen molar-refractivity contribution >= 4 is 0 Å². The monoisotopic (exact) mass is 437 g/mol. The highest BCUT2D eigenvalue weighted by molar-refractivity contribution is 5.63. The maximum atomic E-state index is 10.3. The summed E-state index contributed by atoms with van der Waals surface area (Å²) in [5.41, 5.74) is -0.252. The molecule has 2 fully saturated rings. The number of hydrogen-bond donors (Lipinski definition) is 0. The zero-order valence-electron chi connectivity index (χ0n) is 18.6. The van der Waals surface area contributed by atoms with E-state index in [-0.39, 0.29) is 29.9 Å². The van der Waals surface area contributed by atoms with Gasteiger partial charge in [0.15, 0.2) is 22.3 Å². The fourth-order valence-corrected chi connectivity index (χ4v) is 7.81. The van der Waals surface area contributed by atoms with Gasteiger partial charge in [0.1, 0.15) is 6.10 Å². The molecule has 1 spiro atoms. The number of likely N-dealkylation sites (N-methyl/N-ethyl adjacent to an activating group) is 1. The number of piperidine rings is 1. The highest BCUT2D eigenvalue weighted by Gasteiger charge is 2.72. The molecule has 6 rings (SSSR count). The summed E-state index contributed by atoms with van der Waals surface area (Å²) in [4.78, 5) is 2.39. The summed E-state index contributed by atoms with van der Waals surface area (Å²) in [6.45, 7) is 0.942. The number of hydrogen-bond acceptors (Lipinski definition) is 7. The van der Waals surface area contributed by atoms with E-state index in [0.717, 1.165) is 30.7 Å². The van der Waals surface area contributed by atoms with Gasteiger partial charge in [0.25, 0.3) is 0 Å². The van der Waals surface area contributed by atoms with Gasteiger partial charge >= 0.3 is 0 Å². The van der Waals surface area contributed by atoms with E-state index in [9.17, 15) is 21.0 Å². The number of benzene rings is 1. The van der Waals surface area contributed by atoms with E-state index in [4.69, 9.17) is 9.47 Å². The van der Waals surface area contributed by atoms with Gasteiger partial charge < -0.3 is 14.4 Å². The third-order valence-corrected chi connectivity index (χ3v) is 9.37. The highest BCUT2D eigenvalue weighted by atomic mass is 16.5. The maximum Gasteiger partial charge on any atom is 0.182 e. The first-order valence-electron chi connectivity index (χ1n) is 11.4. The predicted molar refractivity (Wildman–Crippen MR) is 115 cm³/mol. The maximum absolute atomic E-state index is 10.3. The summed E-state index contributed by atoms with van der Waals surface area (Å²) in [6.07, 6.45) is 4.03. The molecule has 2 aliphatic heterocycles. The summed E-state index contributed by atoms with van der Waals surface area (Å²) in [7, 11) is 3.78. The number of ether oxygens (including phenoxy) is 2. The number of nitriles is 4. The molecule has 7 heteroatoms. The molecule has 0 radical (unpaired) electrons. The van der Waals surface area contributed by atoms with Gasteiger partial charge in [0, 0.05) is 29.4 Å². The lowest BCUT2D eigenvalue weighted by atomic mass is 9.43. The topological polar surface area (TPSA) is 117 Å². The summed E-state index contributed by atoms with van der Waals surface area (Å²) < 4.78 is 12.4. The summed E-state index contributed by atoms with van der Waals surface area (Å²) in [5, 5.41) is 40.7. The van der Waals surface area contributed by atoms with E-state index in [0.29, 0.717) is 12.2 Å². The molecule has 3 aliphatic carbocycles.